The zero-order valence-electron chi connectivity index (χ0n) is 17.8. The summed E-state index contributed by atoms with van der Waals surface area (Å²) in [7, 11) is 0. The van der Waals surface area contributed by atoms with Gasteiger partial charge in [0.15, 0.2) is 5.13 Å². The third-order valence-corrected chi connectivity index (χ3v) is 5.70. The lowest BCUT2D eigenvalue weighted by atomic mass is 10.1. The number of hydrogen-bond acceptors (Lipinski definition) is 7. The van der Waals surface area contributed by atoms with Gasteiger partial charge in [0.25, 0.3) is 6.47 Å². The molecule has 31 heavy (non-hydrogen) atoms. The Morgan fingerprint density at radius 2 is 1.77 bits per heavy atom. The molecule has 0 aliphatic carbocycles. The Morgan fingerprint density at radius 3 is 2.29 bits per heavy atom. The van der Waals surface area contributed by atoms with Gasteiger partial charge in [0.2, 0.25) is 0 Å². The topological polar surface area (TPSA) is 51.7 Å². The van der Waals surface area contributed by atoms with Gasteiger partial charge in [0, 0.05) is 23.4 Å². The first-order chi connectivity index (χ1) is 14.6. The van der Waals surface area contributed by atoms with E-state index in [0.717, 1.165) is 23.9 Å². The summed E-state index contributed by atoms with van der Waals surface area (Å²) in [6.45, 7) is 8.33. The number of carbonyl (C=O) groups is 1. The monoisotopic (exact) mass is 476 g/mol. The van der Waals surface area contributed by atoms with E-state index in [1.54, 1.807) is 23.5 Å². The quantitative estimate of drug-likeness (QED) is 0.361. The molecule has 2 aromatic rings. The smallest absolute Gasteiger partial charge is 0.446 e. The van der Waals surface area contributed by atoms with Gasteiger partial charge in [0.05, 0.1) is 5.69 Å². The number of nitrogens with zero attached hydrogens (tertiary/aromatic N) is 2. The van der Waals surface area contributed by atoms with E-state index >= 15 is 0 Å². The van der Waals surface area contributed by atoms with E-state index in [9.17, 15) is 18.0 Å². The third-order valence-electron chi connectivity index (χ3n) is 4.01. The van der Waals surface area contributed by atoms with Crippen molar-refractivity contribution in [1.82, 2.24) is 4.98 Å². The maximum absolute atomic E-state index is 12.3. The zero-order chi connectivity index (χ0) is 22.9. The fourth-order valence-corrected chi connectivity index (χ4v) is 4.04. The lowest BCUT2D eigenvalue weighted by Gasteiger charge is -2.25. The highest BCUT2D eigenvalue weighted by molar-refractivity contribution is 8.00. The van der Waals surface area contributed by atoms with Gasteiger partial charge in [-0.1, -0.05) is 0 Å². The molecule has 0 bridgehead atoms. The number of carbonyl (C=O) groups excluding carboxylic acids is 1. The molecule has 1 aliphatic heterocycles. The van der Waals surface area contributed by atoms with Crippen molar-refractivity contribution in [3.8, 4) is 5.75 Å². The van der Waals surface area contributed by atoms with Crippen LogP contribution in [-0.2, 0) is 16.1 Å². The molecule has 1 saturated heterocycles. The van der Waals surface area contributed by atoms with Crippen molar-refractivity contribution >= 4 is 34.7 Å². The first kappa shape index (κ1) is 25.3. The van der Waals surface area contributed by atoms with Crippen molar-refractivity contribution in [2.45, 2.75) is 62.6 Å². The maximum atomic E-state index is 12.3. The minimum atomic E-state index is -4.27. The van der Waals surface area contributed by atoms with Crippen LogP contribution in [0.1, 0.15) is 45.7 Å². The second-order valence-electron chi connectivity index (χ2n) is 7.80. The number of thiazole rings is 1. The Bertz CT molecular complexity index is 799. The molecule has 1 aromatic heterocycles. The molecule has 172 valence electrons. The fraction of sp³-hybridized carbons (Fsp3) is 0.524. The predicted molar refractivity (Wildman–Crippen MR) is 118 cm³/mol. The Morgan fingerprint density at radius 1 is 1.13 bits per heavy atom. The van der Waals surface area contributed by atoms with Crippen LogP contribution in [-0.4, -0.2) is 35.7 Å². The second-order valence-corrected chi connectivity index (χ2v) is 9.78. The van der Waals surface area contributed by atoms with Crippen LogP contribution in [0.15, 0.2) is 34.5 Å². The number of ether oxygens (including phenoxy) is 2. The number of aromatic nitrogens is 1. The average Bonchev–Trinajstić information content (AvgIpc) is 3.16. The number of rotatable bonds is 6. The van der Waals surface area contributed by atoms with Crippen LogP contribution in [0, 0.1) is 0 Å². The van der Waals surface area contributed by atoms with Crippen LogP contribution < -0.4 is 9.64 Å². The molecule has 0 unspecified atom stereocenters. The molecule has 0 saturated carbocycles. The van der Waals surface area contributed by atoms with Gasteiger partial charge in [0.1, 0.15) is 18.0 Å². The molecule has 10 heteroatoms. The summed E-state index contributed by atoms with van der Waals surface area (Å²) in [6.07, 6.45) is 3.68. The van der Waals surface area contributed by atoms with Crippen LogP contribution in [0.4, 0.5) is 18.3 Å². The van der Waals surface area contributed by atoms with Crippen LogP contribution in [0.3, 0.4) is 0 Å². The van der Waals surface area contributed by atoms with Gasteiger partial charge in [-0.2, -0.15) is 13.2 Å². The first-order valence-electron chi connectivity index (χ1n) is 9.85. The van der Waals surface area contributed by atoms with E-state index < -0.39 is 5.51 Å². The summed E-state index contributed by atoms with van der Waals surface area (Å²) < 4.78 is 47.0. The van der Waals surface area contributed by atoms with Crippen LogP contribution >= 0.6 is 23.1 Å². The first-order valence-corrected chi connectivity index (χ1v) is 11.5. The molecule has 0 atom stereocenters. The molecule has 2 heterocycles. The van der Waals surface area contributed by atoms with Crippen molar-refractivity contribution in [2.75, 3.05) is 18.0 Å². The molecule has 1 aromatic carbocycles. The van der Waals surface area contributed by atoms with Crippen LogP contribution in [0.5, 0.6) is 5.75 Å². The number of alkyl halides is 3. The molecule has 3 rings (SSSR count). The zero-order valence-corrected chi connectivity index (χ0v) is 19.4. The number of hydrogen-bond donors (Lipinski definition) is 0. The molecule has 0 spiro atoms. The van der Waals surface area contributed by atoms with E-state index in [1.165, 1.54) is 31.4 Å². The van der Waals surface area contributed by atoms with Gasteiger partial charge in [-0.15, -0.1) is 11.3 Å². The van der Waals surface area contributed by atoms with Crippen molar-refractivity contribution in [1.29, 1.82) is 0 Å². The lowest BCUT2D eigenvalue weighted by molar-refractivity contribution is -0.138. The molecule has 1 aliphatic rings. The van der Waals surface area contributed by atoms with E-state index in [4.69, 9.17) is 4.74 Å². The normalized spacial score (nSPS) is 14.5. The predicted octanol–water partition coefficient (Wildman–Crippen LogP) is 6.28. The highest BCUT2D eigenvalue weighted by atomic mass is 32.2. The van der Waals surface area contributed by atoms with E-state index in [0.29, 0.717) is 18.8 Å². The number of thioether (sulfide) groups is 1. The Hall–Kier alpha value is -1.94. The van der Waals surface area contributed by atoms with Crippen molar-refractivity contribution in [3.05, 3.63) is 35.3 Å². The standard InChI is InChI=1S/C16H17F3N2OS2.C5H10O2/c17-16(18,19)24-14-6-4-13(5-7-14)22-10-12-11-23-15(20-12)21-8-2-1-3-9-21;1-5(2,3)7-4-6/h4-7,11H,1-3,8-10H2;4H,1-3H3. The maximum Gasteiger partial charge on any atom is 0.446 e. The van der Waals surface area contributed by atoms with Gasteiger partial charge in [-0.05, 0) is 76.1 Å². The van der Waals surface area contributed by atoms with E-state index in [2.05, 4.69) is 14.6 Å². The van der Waals surface area contributed by atoms with Gasteiger partial charge >= 0.3 is 5.51 Å². The minimum Gasteiger partial charge on any atom is -0.487 e. The molecular formula is C21H27F3N2O3S2. The summed E-state index contributed by atoms with van der Waals surface area (Å²) >= 11 is 1.48. The summed E-state index contributed by atoms with van der Waals surface area (Å²) in [4.78, 5) is 16.6. The number of benzene rings is 1. The Balaban J connectivity index is 0.000000423. The molecule has 1 fully saturated rings. The number of anilines is 1. The van der Waals surface area contributed by atoms with Crippen molar-refractivity contribution in [2.24, 2.45) is 0 Å². The largest absolute Gasteiger partial charge is 0.487 e. The second kappa shape index (κ2) is 11.6. The SMILES string of the molecule is CC(C)(C)OC=O.FC(F)(F)Sc1ccc(OCc2csc(N3CCCCC3)n2)cc1. The summed E-state index contributed by atoms with van der Waals surface area (Å²) in [6, 6.07) is 5.92. The molecular weight excluding hydrogens is 449 g/mol. The molecule has 0 radical (unpaired) electrons. The van der Waals surface area contributed by atoms with Crippen LogP contribution in [0.2, 0.25) is 0 Å². The van der Waals surface area contributed by atoms with Crippen molar-refractivity contribution < 1.29 is 27.4 Å². The number of piperidine rings is 1. The lowest BCUT2D eigenvalue weighted by Crippen LogP contribution is -2.29. The number of halogens is 3. The van der Waals surface area contributed by atoms with E-state index in [-0.39, 0.29) is 22.3 Å². The van der Waals surface area contributed by atoms with Crippen molar-refractivity contribution in [3.63, 3.8) is 0 Å². The summed E-state index contributed by atoms with van der Waals surface area (Å²) in [5.41, 5.74) is -3.75. The van der Waals surface area contributed by atoms with Gasteiger partial charge in [-0.25, -0.2) is 4.98 Å². The molecule has 5 nitrogen and oxygen atoms in total. The fourth-order valence-electron chi connectivity index (χ4n) is 2.63. The third kappa shape index (κ3) is 10.3. The molecule has 0 amide bonds. The van der Waals surface area contributed by atoms with Crippen LogP contribution in [0.25, 0.3) is 0 Å². The van der Waals surface area contributed by atoms with Gasteiger partial charge < -0.3 is 14.4 Å². The highest BCUT2D eigenvalue weighted by Crippen LogP contribution is 2.37. The Kier molecular flexibility index (Phi) is 9.49. The van der Waals surface area contributed by atoms with E-state index in [1.807, 2.05) is 26.2 Å². The Labute approximate surface area is 188 Å². The summed E-state index contributed by atoms with van der Waals surface area (Å²) in [5, 5.41) is 2.99. The molecule has 0 N–H and O–H groups in total. The highest BCUT2D eigenvalue weighted by Gasteiger charge is 2.29. The minimum absolute atomic E-state index is 0.129. The van der Waals surface area contributed by atoms with Gasteiger partial charge in [-0.3, -0.25) is 4.79 Å². The average molecular weight is 477 g/mol. The summed E-state index contributed by atoms with van der Waals surface area (Å²) in [5.74, 6) is 0.536.